The van der Waals surface area contributed by atoms with Gasteiger partial charge >= 0.3 is 11.9 Å². The van der Waals surface area contributed by atoms with E-state index in [0.717, 1.165) is 17.0 Å². The largest absolute Gasteiger partial charge is 0.463 e. The zero-order chi connectivity index (χ0) is 21.6. The third-order valence-corrected chi connectivity index (χ3v) is 5.77. The summed E-state index contributed by atoms with van der Waals surface area (Å²) < 4.78 is 18.8. The van der Waals surface area contributed by atoms with Crippen LogP contribution in [0, 0.1) is 6.92 Å². The van der Waals surface area contributed by atoms with Crippen LogP contribution in [0.15, 0.2) is 41.0 Å². The molecule has 5 rings (SSSR count). The number of benzene rings is 1. The zero-order valence-corrected chi connectivity index (χ0v) is 17.6. The van der Waals surface area contributed by atoms with Crippen molar-refractivity contribution in [2.45, 2.75) is 32.0 Å². The molecule has 0 atom stereocenters. The van der Waals surface area contributed by atoms with E-state index in [9.17, 15) is 9.59 Å². The van der Waals surface area contributed by atoms with Gasteiger partial charge in [0, 0.05) is 5.56 Å². The van der Waals surface area contributed by atoms with Gasteiger partial charge in [0.25, 0.3) is 5.79 Å². The molecule has 2 aromatic heterocycles. The van der Waals surface area contributed by atoms with Crippen molar-refractivity contribution in [2.24, 2.45) is 0 Å². The first-order chi connectivity index (χ1) is 15.0. The summed E-state index contributed by atoms with van der Waals surface area (Å²) in [4.78, 5) is 24.6. The normalized spacial score (nSPS) is 18.1. The van der Waals surface area contributed by atoms with E-state index in [4.69, 9.17) is 25.5 Å². The number of rotatable bonds is 2. The predicted octanol–water partition coefficient (Wildman–Crippen LogP) is 3.27. The molecular weight excluding hydrogens is 422 g/mol. The van der Waals surface area contributed by atoms with E-state index in [-0.39, 0.29) is 19.4 Å². The SMILES string of the molecule is Cc1cc(-c2ccco2)n(-c2c(Cl)ccc3c2CCNCC32OC(=O)CCC(=O)O2)n1. The number of nitrogens with one attached hydrogen (secondary N) is 1. The minimum Gasteiger partial charge on any atom is -0.463 e. The summed E-state index contributed by atoms with van der Waals surface area (Å²) >= 11 is 6.68. The maximum Gasteiger partial charge on any atom is 0.309 e. The maximum atomic E-state index is 12.3. The van der Waals surface area contributed by atoms with Crippen LogP contribution < -0.4 is 5.32 Å². The first-order valence-corrected chi connectivity index (χ1v) is 10.4. The van der Waals surface area contributed by atoms with E-state index in [1.165, 1.54) is 0 Å². The number of hydrogen-bond acceptors (Lipinski definition) is 7. The van der Waals surface area contributed by atoms with Gasteiger partial charge in [-0.3, -0.25) is 9.59 Å². The third-order valence-electron chi connectivity index (χ3n) is 5.46. The third kappa shape index (κ3) is 3.41. The van der Waals surface area contributed by atoms with E-state index in [2.05, 4.69) is 10.4 Å². The predicted molar refractivity (Wildman–Crippen MR) is 111 cm³/mol. The van der Waals surface area contributed by atoms with Crippen LogP contribution in [0.25, 0.3) is 17.1 Å². The molecule has 0 unspecified atom stereocenters. The second-order valence-corrected chi connectivity index (χ2v) is 8.02. The number of fused-ring (bicyclic) bond motifs is 2. The van der Waals surface area contributed by atoms with Crippen molar-refractivity contribution in [2.75, 3.05) is 13.1 Å². The number of carbonyl (C=O) groups is 2. The van der Waals surface area contributed by atoms with Crippen LogP contribution >= 0.6 is 11.6 Å². The monoisotopic (exact) mass is 441 g/mol. The van der Waals surface area contributed by atoms with Crippen molar-refractivity contribution in [3.8, 4) is 17.1 Å². The Morgan fingerprint density at radius 3 is 2.61 bits per heavy atom. The second-order valence-electron chi connectivity index (χ2n) is 7.61. The Hall–Kier alpha value is -3.10. The lowest BCUT2D eigenvalue weighted by atomic mass is 9.96. The topological polar surface area (TPSA) is 95.6 Å². The van der Waals surface area contributed by atoms with Gasteiger partial charge in [0.15, 0.2) is 5.76 Å². The maximum absolute atomic E-state index is 12.3. The molecule has 0 radical (unpaired) electrons. The van der Waals surface area contributed by atoms with E-state index in [0.29, 0.717) is 35.0 Å². The number of halogens is 1. The Kier molecular flexibility index (Phi) is 4.83. The zero-order valence-electron chi connectivity index (χ0n) is 16.8. The van der Waals surface area contributed by atoms with Crippen molar-refractivity contribution in [3.63, 3.8) is 0 Å². The molecule has 0 saturated carbocycles. The molecule has 160 valence electrons. The van der Waals surface area contributed by atoms with Crippen molar-refractivity contribution >= 4 is 23.5 Å². The molecule has 1 fully saturated rings. The molecule has 1 N–H and O–H groups in total. The molecule has 31 heavy (non-hydrogen) atoms. The van der Waals surface area contributed by atoms with Gasteiger partial charge in [-0.25, -0.2) is 4.68 Å². The fourth-order valence-corrected chi connectivity index (χ4v) is 4.41. The minimum atomic E-state index is -1.55. The van der Waals surface area contributed by atoms with Gasteiger partial charge in [-0.2, -0.15) is 5.10 Å². The second kappa shape index (κ2) is 7.55. The molecule has 8 nitrogen and oxygen atoms in total. The summed E-state index contributed by atoms with van der Waals surface area (Å²) in [5, 5.41) is 8.35. The Morgan fingerprint density at radius 1 is 1.13 bits per heavy atom. The fourth-order valence-electron chi connectivity index (χ4n) is 4.15. The highest BCUT2D eigenvalue weighted by Crippen LogP contribution is 2.40. The Labute approximate surface area is 183 Å². The summed E-state index contributed by atoms with van der Waals surface area (Å²) in [6.45, 7) is 2.62. The van der Waals surface area contributed by atoms with Crippen LogP contribution in [-0.4, -0.2) is 34.8 Å². The summed E-state index contributed by atoms with van der Waals surface area (Å²) in [5.41, 5.74) is 3.53. The summed E-state index contributed by atoms with van der Waals surface area (Å²) in [6.07, 6.45) is 2.13. The van der Waals surface area contributed by atoms with E-state index in [1.54, 1.807) is 29.1 Å². The van der Waals surface area contributed by atoms with Crippen LogP contribution in [0.1, 0.15) is 29.7 Å². The van der Waals surface area contributed by atoms with Crippen molar-refractivity contribution in [3.05, 3.63) is 58.4 Å². The molecule has 1 aromatic carbocycles. The molecule has 0 amide bonds. The molecule has 0 bridgehead atoms. The summed E-state index contributed by atoms with van der Waals surface area (Å²) in [7, 11) is 0. The van der Waals surface area contributed by atoms with Gasteiger partial charge in [-0.05, 0) is 55.8 Å². The van der Waals surface area contributed by atoms with Crippen LogP contribution in [0.5, 0.6) is 0 Å². The Balaban J connectivity index is 1.75. The molecule has 0 aliphatic carbocycles. The average Bonchev–Trinajstić information content (AvgIpc) is 3.32. The highest BCUT2D eigenvalue weighted by molar-refractivity contribution is 6.32. The Morgan fingerprint density at radius 2 is 1.90 bits per heavy atom. The van der Waals surface area contributed by atoms with Crippen molar-refractivity contribution in [1.29, 1.82) is 0 Å². The van der Waals surface area contributed by atoms with Gasteiger partial charge in [-0.15, -0.1) is 0 Å². The number of hydrogen-bond donors (Lipinski definition) is 1. The van der Waals surface area contributed by atoms with E-state index in [1.807, 2.05) is 19.1 Å². The number of carbonyl (C=O) groups excluding carboxylic acids is 2. The summed E-state index contributed by atoms with van der Waals surface area (Å²) in [6, 6.07) is 9.02. The number of aromatic nitrogens is 2. The van der Waals surface area contributed by atoms with Gasteiger partial charge in [-0.1, -0.05) is 11.6 Å². The first kappa shape index (κ1) is 19.8. The van der Waals surface area contributed by atoms with Crippen molar-refractivity contribution < 1.29 is 23.5 Å². The molecule has 2 aliphatic heterocycles. The smallest absolute Gasteiger partial charge is 0.309 e. The van der Waals surface area contributed by atoms with Crippen LogP contribution in [-0.2, 0) is 31.3 Å². The molecule has 9 heteroatoms. The van der Waals surface area contributed by atoms with Gasteiger partial charge in [0.2, 0.25) is 0 Å². The first-order valence-electron chi connectivity index (χ1n) is 10.0. The highest BCUT2D eigenvalue weighted by atomic mass is 35.5. The Bertz CT molecular complexity index is 1150. The molecule has 1 spiro atoms. The summed E-state index contributed by atoms with van der Waals surface area (Å²) in [5.74, 6) is -1.88. The number of aryl methyl sites for hydroxylation is 1. The lowest BCUT2D eigenvalue weighted by Gasteiger charge is -2.32. The fraction of sp³-hybridized carbons (Fsp3) is 0.318. The van der Waals surface area contributed by atoms with E-state index >= 15 is 0 Å². The molecule has 1 saturated heterocycles. The molecule has 4 heterocycles. The number of esters is 2. The highest BCUT2D eigenvalue weighted by Gasteiger charge is 2.46. The van der Waals surface area contributed by atoms with Crippen LogP contribution in [0.3, 0.4) is 0 Å². The number of furan rings is 1. The molecular formula is C22H20ClN3O5. The lowest BCUT2D eigenvalue weighted by Crippen LogP contribution is -2.43. The van der Waals surface area contributed by atoms with Crippen molar-refractivity contribution in [1.82, 2.24) is 15.1 Å². The number of ether oxygens (including phenoxy) is 2. The molecule has 2 aliphatic rings. The minimum absolute atomic E-state index is 0.0165. The quantitative estimate of drug-likeness (QED) is 0.609. The number of nitrogens with zero attached hydrogens (tertiary/aromatic N) is 2. The molecule has 3 aromatic rings. The van der Waals surface area contributed by atoms with Gasteiger partial charge < -0.3 is 19.2 Å². The van der Waals surface area contributed by atoms with Crippen LogP contribution in [0.4, 0.5) is 0 Å². The lowest BCUT2D eigenvalue weighted by molar-refractivity contribution is -0.225. The van der Waals surface area contributed by atoms with E-state index < -0.39 is 17.7 Å². The standard InChI is InChI=1S/C22H20ClN3O5/c1-13-11-17(18-3-2-10-29-18)26(25-13)21-14-8-9-24-12-22(15(14)4-5-16(21)23)30-19(27)6-7-20(28)31-22/h2-5,10-11,24H,6-9,12H2,1H3. The average molecular weight is 442 g/mol. The van der Waals surface area contributed by atoms with Gasteiger partial charge in [0.1, 0.15) is 5.69 Å². The van der Waals surface area contributed by atoms with Gasteiger partial charge in [0.05, 0.1) is 42.1 Å². The van der Waals surface area contributed by atoms with Crippen LogP contribution in [0.2, 0.25) is 5.02 Å².